The molecule has 0 radical (unpaired) electrons. The van der Waals surface area contributed by atoms with E-state index in [-0.39, 0.29) is 28.1 Å². The van der Waals surface area contributed by atoms with Gasteiger partial charge in [-0.3, -0.25) is 14.9 Å². The molecule has 2 rings (SSSR count). The van der Waals surface area contributed by atoms with Gasteiger partial charge < -0.3 is 5.32 Å². The van der Waals surface area contributed by atoms with Gasteiger partial charge >= 0.3 is 0 Å². The van der Waals surface area contributed by atoms with E-state index in [2.05, 4.69) is 15.5 Å². The fraction of sp³-hybridized carbons (Fsp3) is 0.0833. The molecule has 2 aromatic rings. The van der Waals surface area contributed by atoms with E-state index in [1.54, 1.807) is 18.2 Å². The summed E-state index contributed by atoms with van der Waals surface area (Å²) in [6.07, 6.45) is 0. The Morgan fingerprint density at radius 3 is 2.71 bits per heavy atom. The highest BCUT2D eigenvalue weighted by Crippen LogP contribution is 2.18. The molecule has 0 aliphatic carbocycles. The number of carbonyl (C=O) groups excluding carboxylic acids is 1. The summed E-state index contributed by atoms with van der Waals surface area (Å²) in [5, 5.41) is 20.3. The molecule has 1 aromatic heterocycles. The molecule has 21 heavy (non-hydrogen) atoms. The second-order valence-electron chi connectivity index (χ2n) is 3.94. The number of nitrogens with zero attached hydrogens (tertiary/aromatic N) is 3. The van der Waals surface area contributed by atoms with E-state index in [0.717, 1.165) is 0 Å². The minimum absolute atomic E-state index is 0.0216. The van der Waals surface area contributed by atoms with Crippen LogP contribution >= 0.6 is 23.2 Å². The molecular weight excluding hydrogens is 319 g/mol. The van der Waals surface area contributed by atoms with Crippen LogP contribution < -0.4 is 5.32 Å². The lowest BCUT2D eigenvalue weighted by molar-refractivity contribution is -0.385. The summed E-state index contributed by atoms with van der Waals surface area (Å²) in [4.78, 5) is 22.3. The quantitative estimate of drug-likeness (QED) is 0.687. The second-order valence-corrected chi connectivity index (χ2v) is 4.69. The normalized spacial score (nSPS) is 10.2. The Bertz CT molecular complexity index is 709. The monoisotopic (exact) mass is 326 g/mol. The molecule has 0 bridgehead atoms. The molecule has 0 aliphatic rings. The van der Waals surface area contributed by atoms with Crippen molar-refractivity contribution in [3.63, 3.8) is 0 Å². The van der Waals surface area contributed by atoms with Crippen molar-refractivity contribution >= 4 is 34.8 Å². The third-order valence-electron chi connectivity index (χ3n) is 2.59. The van der Waals surface area contributed by atoms with Crippen LogP contribution in [0, 0.1) is 10.1 Å². The number of carbonyl (C=O) groups is 1. The van der Waals surface area contributed by atoms with Crippen molar-refractivity contribution in [2.45, 2.75) is 6.54 Å². The highest BCUT2D eigenvalue weighted by molar-refractivity contribution is 6.34. The Morgan fingerprint density at radius 2 is 2.00 bits per heavy atom. The van der Waals surface area contributed by atoms with Gasteiger partial charge in [0.15, 0.2) is 10.3 Å². The van der Waals surface area contributed by atoms with Crippen molar-refractivity contribution < 1.29 is 9.72 Å². The van der Waals surface area contributed by atoms with Gasteiger partial charge in [-0.15, -0.1) is 10.2 Å². The summed E-state index contributed by atoms with van der Waals surface area (Å²) in [7, 11) is 0. The zero-order valence-corrected chi connectivity index (χ0v) is 11.9. The summed E-state index contributed by atoms with van der Waals surface area (Å²) < 4.78 is 0. The smallest absolute Gasteiger partial charge is 0.274 e. The second kappa shape index (κ2) is 6.47. The Kier molecular flexibility index (Phi) is 4.66. The van der Waals surface area contributed by atoms with Crippen LogP contribution in [0.25, 0.3) is 0 Å². The number of nitro groups is 1. The summed E-state index contributed by atoms with van der Waals surface area (Å²) >= 11 is 11.4. The van der Waals surface area contributed by atoms with E-state index in [4.69, 9.17) is 23.2 Å². The van der Waals surface area contributed by atoms with Gasteiger partial charge in [0, 0.05) is 18.2 Å². The van der Waals surface area contributed by atoms with Gasteiger partial charge in [-0.25, -0.2) is 0 Å². The third kappa shape index (κ3) is 3.65. The number of hydrogen-bond acceptors (Lipinski definition) is 5. The lowest BCUT2D eigenvalue weighted by Gasteiger charge is -2.06. The summed E-state index contributed by atoms with van der Waals surface area (Å²) in [5.41, 5.74) is 0.352. The maximum Gasteiger partial charge on any atom is 0.274 e. The Balaban J connectivity index is 2.15. The van der Waals surface area contributed by atoms with E-state index >= 15 is 0 Å². The van der Waals surface area contributed by atoms with Crippen molar-refractivity contribution in [1.82, 2.24) is 15.5 Å². The molecule has 0 saturated heterocycles. The van der Waals surface area contributed by atoms with E-state index in [1.165, 1.54) is 12.1 Å². The van der Waals surface area contributed by atoms with Crippen molar-refractivity contribution in [2.24, 2.45) is 0 Å². The molecule has 0 saturated carbocycles. The lowest BCUT2D eigenvalue weighted by Crippen LogP contribution is -2.24. The van der Waals surface area contributed by atoms with Crippen LogP contribution in [0.4, 0.5) is 5.69 Å². The van der Waals surface area contributed by atoms with Crippen LogP contribution in [0.5, 0.6) is 0 Å². The molecule has 0 fully saturated rings. The average Bonchev–Trinajstić information content (AvgIpc) is 2.47. The Morgan fingerprint density at radius 1 is 1.29 bits per heavy atom. The molecular formula is C12H8Cl2N4O3. The molecule has 7 nitrogen and oxygen atoms in total. The molecule has 0 atom stereocenters. The van der Waals surface area contributed by atoms with Gasteiger partial charge in [0.2, 0.25) is 0 Å². The number of amides is 1. The van der Waals surface area contributed by atoms with Crippen LogP contribution in [0.2, 0.25) is 10.3 Å². The highest BCUT2D eigenvalue weighted by Gasteiger charge is 2.16. The minimum Gasteiger partial charge on any atom is -0.348 e. The summed E-state index contributed by atoms with van der Waals surface area (Å²) in [6, 6.07) is 7.38. The van der Waals surface area contributed by atoms with E-state index in [9.17, 15) is 14.9 Å². The molecule has 1 amide bonds. The molecule has 1 aromatic carbocycles. The predicted octanol–water partition coefficient (Wildman–Crippen LogP) is 2.62. The lowest BCUT2D eigenvalue weighted by atomic mass is 10.1. The molecule has 1 heterocycles. The number of nitrogens with one attached hydrogen (secondary N) is 1. The van der Waals surface area contributed by atoms with Crippen LogP contribution in [0.3, 0.4) is 0 Å². The number of nitro benzene ring substituents is 1. The number of rotatable bonds is 4. The van der Waals surface area contributed by atoms with Gasteiger partial charge in [-0.05, 0) is 6.07 Å². The van der Waals surface area contributed by atoms with Crippen molar-refractivity contribution in [3.8, 4) is 0 Å². The van der Waals surface area contributed by atoms with E-state index < -0.39 is 10.8 Å². The Labute approximate surface area is 129 Å². The summed E-state index contributed by atoms with van der Waals surface area (Å²) in [5.74, 6) is -0.546. The number of aromatic nitrogens is 2. The van der Waals surface area contributed by atoms with Crippen molar-refractivity contribution in [1.29, 1.82) is 0 Å². The van der Waals surface area contributed by atoms with Crippen LogP contribution in [-0.4, -0.2) is 21.0 Å². The fourth-order valence-corrected chi connectivity index (χ4v) is 1.95. The third-order valence-corrected chi connectivity index (χ3v) is 3.06. The van der Waals surface area contributed by atoms with Gasteiger partial charge in [0.25, 0.3) is 11.6 Å². The van der Waals surface area contributed by atoms with Gasteiger partial charge in [-0.1, -0.05) is 41.4 Å². The van der Waals surface area contributed by atoms with Crippen LogP contribution in [-0.2, 0) is 6.54 Å². The first-order chi connectivity index (χ1) is 9.99. The zero-order chi connectivity index (χ0) is 15.4. The zero-order valence-electron chi connectivity index (χ0n) is 10.4. The molecule has 0 aliphatic heterocycles. The molecule has 9 heteroatoms. The standard InChI is InChI=1S/C12H8Cl2N4O3/c13-10-5-8(11(14)17-16-10)12(19)15-6-7-3-1-2-4-9(7)18(20)21/h1-5H,6H2,(H,15,19). The largest absolute Gasteiger partial charge is 0.348 e. The maximum atomic E-state index is 12.0. The van der Waals surface area contributed by atoms with Crippen molar-refractivity contribution in [2.75, 3.05) is 0 Å². The number of halogens is 2. The molecule has 0 spiro atoms. The predicted molar refractivity (Wildman–Crippen MR) is 76.3 cm³/mol. The van der Waals surface area contributed by atoms with Crippen LogP contribution in [0.15, 0.2) is 30.3 Å². The fourth-order valence-electron chi connectivity index (χ4n) is 1.62. The molecule has 108 valence electrons. The molecule has 0 unspecified atom stereocenters. The van der Waals surface area contributed by atoms with Crippen molar-refractivity contribution in [3.05, 3.63) is 61.9 Å². The van der Waals surface area contributed by atoms with E-state index in [1.807, 2.05) is 0 Å². The first-order valence-corrected chi connectivity index (χ1v) is 6.44. The first kappa shape index (κ1) is 15.1. The highest BCUT2D eigenvalue weighted by atomic mass is 35.5. The Hall–Kier alpha value is -2.25. The first-order valence-electron chi connectivity index (χ1n) is 5.68. The summed E-state index contributed by atoms with van der Waals surface area (Å²) in [6.45, 7) is -0.0216. The van der Waals surface area contributed by atoms with Gasteiger partial charge in [-0.2, -0.15) is 0 Å². The maximum absolute atomic E-state index is 12.0. The van der Waals surface area contributed by atoms with Gasteiger partial charge in [0.05, 0.1) is 10.5 Å². The number of hydrogen-bond donors (Lipinski definition) is 1. The average molecular weight is 327 g/mol. The number of benzene rings is 1. The SMILES string of the molecule is O=C(NCc1ccccc1[N+](=O)[O-])c1cc(Cl)nnc1Cl. The minimum atomic E-state index is -0.546. The van der Waals surface area contributed by atoms with E-state index in [0.29, 0.717) is 5.56 Å². The topological polar surface area (TPSA) is 98.0 Å². The van der Waals surface area contributed by atoms with Gasteiger partial charge in [0.1, 0.15) is 0 Å². The number of para-hydroxylation sites is 1. The van der Waals surface area contributed by atoms with Crippen LogP contribution in [0.1, 0.15) is 15.9 Å². The molecule has 1 N–H and O–H groups in total.